The molecule has 0 spiro atoms. The highest BCUT2D eigenvalue weighted by atomic mass is 16.6. The maximum absolute atomic E-state index is 13.2. The molecule has 1 aliphatic rings. The van der Waals surface area contributed by atoms with Gasteiger partial charge in [0.2, 0.25) is 6.04 Å². The average Bonchev–Trinajstić information content (AvgIpc) is 2.98. The van der Waals surface area contributed by atoms with Crippen LogP contribution >= 0.6 is 0 Å². The number of nitrogens with zero attached hydrogens (tertiary/aromatic N) is 2. The van der Waals surface area contributed by atoms with Crippen molar-refractivity contribution in [1.82, 2.24) is 4.90 Å². The summed E-state index contributed by atoms with van der Waals surface area (Å²) in [5.74, 6) is -1.42. The Hall–Kier alpha value is -2.64. The van der Waals surface area contributed by atoms with E-state index in [9.17, 15) is 19.7 Å². The van der Waals surface area contributed by atoms with Crippen LogP contribution in [0.2, 0.25) is 0 Å². The number of aryl methyl sites for hydroxylation is 1. The summed E-state index contributed by atoms with van der Waals surface area (Å²) in [5.41, 5.74) is 0.776. The van der Waals surface area contributed by atoms with Gasteiger partial charge in [0.15, 0.2) is 0 Å². The van der Waals surface area contributed by atoms with Crippen LogP contribution < -0.4 is 0 Å². The Kier molecular flexibility index (Phi) is 7.10. The first-order chi connectivity index (χ1) is 13.9. The highest BCUT2D eigenvalue weighted by molar-refractivity contribution is 5.83. The molecule has 1 heterocycles. The third kappa shape index (κ3) is 4.57. The van der Waals surface area contributed by atoms with E-state index < -0.39 is 47.6 Å². The predicted molar refractivity (Wildman–Crippen MR) is 112 cm³/mol. The number of ether oxygens (including phenoxy) is 2. The molecular weight excluding hydrogens is 388 g/mol. The van der Waals surface area contributed by atoms with Crippen LogP contribution in [0.1, 0.15) is 58.7 Å². The summed E-state index contributed by atoms with van der Waals surface area (Å²) in [5, 5.41) is 12.3. The van der Waals surface area contributed by atoms with Crippen LogP contribution in [0.3, 0.4) is 0 Å². The second-order valence-electron chi connectivity index (χ2n) is 9.01. The van der Waals surface area contributed by atoms with Crippen molar-refractivity contribution in [2.24, 2.45) is 11.3 Å². The molecule has 0 aliphatic carbocycles. The Bertz CT molecular complexity index is 801. The number of hydrogen-bond acceptors (Lipinski definition) is 6. The first-order valence-electron chi connectivity index (χ1n) is 10.3. The predicted octanol–water partition coefficient (Wildman–Crippen LogP) is 4.14. The molecule has 1 aromatic carbocycles. The van der Waals surface area contributed by atoms with Gasteiger partial charge in [-0.05, 0) is 44.2 Å². The zero-order valence-corrected chi connectivity index (χ0v) is 18.7. The van der Waals surface area contributed by atoms with Gasteiger partial charge in [-0.3, -0.25) is 15.0 Å². The monoisotopic (exact) mass is 420 g/mol. The molecule has 0 unspecified atom stereocenters. The van der Waals surface area contributed by atoms with E-state index in [-0.39, 0.29) is 11.5 Å². The van der Waals surface area contributed by atoms with Crippen LogP contribution in [0.5, 0.6) is 0 Å². The zero-order chi connectivity index (χ0) is 22.8. The van der Waals surface area contributed by atoms with Crippen LogP contribution in [0, 0.1) is 28.4 Å². The van der Waals surface area contributed by atoms with E-state index in [0.717, 1.165) is 5.56 Å². The smallest absolute Gasteiger partial charge is 0.411 e. The summed E-state index contributed by atoms with van der Waals surface area (Å²) in [7, 11) is 0. The lowest BCUT2D eigenvalue weighted by Crippen LogP contribution is -2.48. The minimum atomic E-state index is -1.19. The summed E-state index contributed by atoms with van der Waals surface area (Å²) < 4.78 is 10.7. The lowest BCUT2D eigenvalue weighted by molar-refractivity contribution is -0.536. The number of benzene rings is 1. The molecule has 1 saturated heterocycles. The minimum absolute atomic E-state index is 0.109. The summed E-state index contributed by atoms with van der Waals surface area (Å²) >= 11 is 0. The maximum Gasteiger partial charge on any atom is 0.411 e. The second-order valence-corrected chi connectivity index (χ2v) is 9.01. The number of rotatable bonds is 5. The fraction of sp³-hybridized carbons (Fsp3) is 0.636. The zero-order valence-electron chi connectivity index (χ0n) is 18.7. The van der Waals surface area contributed by atoms with E-state index in [1.807, 2.05) is 39.8 Å². The van der Waals surface area contributed by atoms with E-state index in [4.69, 9.17) is 9.47 Å². The molecule has 8 heteroatoms. The van der Waals surface area contributed by atoms with Gasteiger partial charge in [0.05, 0.1) is 18.6 Å². The molecule has 0 aromatic heterocycles. The molecule has 0 saturated carbocycles. The highest BCUT2D eigenvalue weighted by Gasteiger charge is 2.64. The van der Waals surface area contributed by atoms with Gasteiger partial charge in [-0.15, -0.1) is 0 Å². The van der Waals surface area contributed by atoms with Crippen molar-refractivity contribution in [3.8, 4) is 0 Å². The Labute approximate surface area is 177 Å². The molecule has 1 amide bonds. The fourth-order valence-corrected chi connectivity index (χ4v) is 4.36. The van der Waals surface area contributed by atoms with Crippen LogP contribution in [0.4, 0.5) is 4.79 Å². The Morgan fingerprint density at radius 1 is 1.23 bits per heavy atom. The highest BCUT2D eigenvalue weighted by Crippen LogP contribution is 2.50. The molecule has 4 atom stereocenters. The molecule has 1 aromatic rings. The summed E-state index contributed by atoms with van der Waals surface area (Å²) in [6.07, 6.45) is -1.20. The molecule has 0 bridgehead atoms. The van der Waals surface area contributed by atoms with E-state index >= 15 is 0 Å². The Balaban J connectivity index is 2.78. The van der Waals surface area contributed by atoms with Crippen molar-refractivity contribution in [3.05, 3.63) is 45.5 Å². The number of carbonyl (C=O) groups excluding carboxylic acids is 2. The van der Waals surface area contributed by atoms with Gasteiger partial charge in [-0.25, -0.2) is 9.59 Å². The summed E-state index contributed by atoms with van der Waals surface area (Å²) in [4.78, 5) is 39.4. The first-order valence-corrected chi connectivity index (χ1v) is 10.3. The number of likely N-dealkylation sites (tertiary alicyclic amines) is 1. The Morgan fingerprint density at radius 3 is 2.30 bits per heavy atom. The molecule has 0 N–H and O–H groups in total. The van der Waals surface area contributed by atoms with Gasteiger partial charge in [0.1, 0.15) is 12.1 Å². The fourth-order valence-electron chi connectivity index (χ4n) is 4.36. The Morgan fingerprint density at radius 2 is 1.83 bits per heavy atom. The number of esters is 1. The van der Waals surface area contributed by atoms with Gasteiger partial charge in [-0.2, -0.15) is 0 Å². The lowest BCUT2D eigenvalue weighted by atomic mass is 9.72. The third-order valence-corrected chi connectivity index (χ3v) is 5.46. The molecular formula is C22H32N2O6. The molecule has 2 rings (SSSR count). The number of carbonyl (C=O) groups is 2. The van der Waals surface area contributed by atoms with Crippen molar-refractivity contribution in [3.63, 3.8) is 0 Å². The maximum atomic E-state index is 13.2. The van der Waals surface area contributed by atoms with Gasteiger partial charge < -0.3 is 9.47 Å². The van der Waals surface area contributed by atoms with E-state index in [1.54, 1.807) is 32.9 Å². The van der Waals surface area contributed by atoms with Crippen molar-refractivity contribution in [2.45, 2.75) is 72.7 Å². The van der Waals surface area contributed by atoms with Crippen LogP contribution in [-0.2, 0) is 14.3 Å². The standard InChI is InChI=1S/C22H32N2O6/c1-8-29-20(25)19-16(22(5,6)7)18(24(27)28)17(15-12-10-9-11-14(15)4)23(19)21(26)30-13(2)3/h9-13,16-19H,8H2,1-7H3/t16-,17-,18-,19-/m0/s1. The SMILES string of the molecule is CCOC(=O)[C@@H]1[C@@H](C(C)(C)C)[C@H]([N+](=O)[O-])[C@H](c2ccccc2C)N1C(=O)OC(C)C. The molecule has 30 heavy (non-hydrogen) atoms. The van der Waals surface area contributed by atoms with Gasteiger partial charge in [0, 0.05) is 4.92 Å². The molecule has 0 radical (unpaired) electrons. The number of nitro groups is 1. The largest absolute Gasteiger partial charge is 0.464 e. The molecule has 166 valence electrons. The van der Waals surface area contributed by atoms with Gasteiger partial charge >= 0.3 is 12.1 Å². The summed E-state index contributed by atoms with van der Waals surface area (Å²) in [6, 6.07) is 3.93. The van der Waals surface area contributed by atoms with Crippen molar-refractivity contribution >= 4 is 12.1 Å². The number of amides is 1. The number of hydrogen-bond donors (Lipinski definition) is 0. The normalized spacial score (nSPS) is 24.1. The van der Waals surface area contributed by atoms with Crippen molar-refractivity contribution < 1.29 is 24.0 Å². The van der Waals surface area contributed by atoms with E-state index in [0.29, 0.717) is 5.56 Å². The molecule has 1 fully saturated rings. The minimum Gasteiger partial charge on any atom is -0.464 e. The van der Waals surface area contributed by atoms with E-state index in [2.05, 4.69) is 0 Å². The summed E-state index contributed by atoms with van der Waals surface area (Å²) in [6.45, 7) is 12.5. The molecule has 8 nitrogen and oxygen atoms in total. The van der Waals surface area contributed by atoms with Crippen LogP contribution in [0.15, 0.2) is 24.3 Å². The first kappa shape index (κ1) is 23.6. The van der Waals surface area contributed by atoms with E-state index in [1.165, 1.54) is 4.90 Å². The van der Waals surface area contributed by atoms with Crippen LogP contribution in [-0.4, -0.2) is 46.7 Å². The average molecular weight is 421 g/mol. The third-order valence-electron chi connectivity index (χ3n) is 5.46. The van der Waals surface area contributed by atoms with Gasteiger partial charge in [-0.1, -0.05) is 45.0 Å². The molecule has 1 aliphatic heterocycles. The second kappa shape index (κ2) is 9.02. The topological polar surface area (TPSA) is 99.0 Å². The van der Waals surface area contributed by atoms with Crippen molar-refractivity contribution in [1.29, 1.82) is 0 Å². The van der Waals surface area contributed by atoms with Crippen molar-refractivity contribution in [2.75, 3.05) is 6.61 Å². The van der Waals surface area contributed by atoms with Crippen LogP contribution in [0.25, 0.3) is 0 Å². The van der Waals surface area contributed by atoms with Gasteiger partial charge in [0.25, 0.3) is 0 Å². The lowest BCUT2D eigenvalue weighted by Gasteiger charge is -2.33. The quantitative estimate of drug-likeness (QED) is 0.403.